The summed E-state index contributed by atoms with van der Waals surface area (Å²) >= 11 is 2.74. The molecule has 1 saturated carbocycles. The van der Waals surface area contributed by atoms with Crippen molar-refractivity contribution in [2.45, 2.75) is 64.0 Å². The molecule has 1 aliphatic carbocycles. The highest BCUT2D eigenvalue weighted by atomic mass is 32.2. The van der Waals surface area contributed by atoms with E-state index in [1.54, 1.807) is 23.9 Å². The van der Waals surface area contributed by atoms with Gasteiger partial charge in [-0.1, -0.05) is 53.2 Å². The smallest absolute Gasteiger partial charge is 0.286 e. The van der Waals surface area contributed by atoms with Crippen molar-refractivity contribution in [3.8, 4) is 0 Å². The number of nitrogens with zero attached hydrogens (tertiary/aromatic N) is 1. The van der Waals surface area contributed by atoms with E-state index >= 15 is 0 Å². The SMILES string of the molecule is CCCC1(CSON2C(=O)c3cccc4c(SC(C)C)ccc(c34)C2=O)C(=O)CC1(C)C. The number of rotatable bonds is 8. The third-order valence-electron chi connectivity index (χ3n) is 6.73. The molecule has 170 valence electrons. The molecular formula is C25H29NO4S2. The van der Waals surface area contributed by atoms with E-state index in [-0.39, 0.29) is 11.2 Å². The highest BCUT2D eigenvalue weighted by molar-refractivity contribution is 8.00. The number of hydrogen-bond donors (Lipinski definition) is 0. The first-order valence-electron chi connectivity index (χ1n) is 11.1. The number of amides is 2. The van der Waals surface area contributed by atoms with E-state index in [1.807, 2.05) is 18.2 Å². The summed E-state index contributed by atoms with van der Waals surface area (Å²) in [6, 6.07) is 9.26. The maximum Gasteiger partial charge on any atom is 0.286 e. The van der Waals surface area contributed by atoms with Gasteiger partial charge in [0.1, 0.15) is 5.78 Å². The fourth-order valence-electron chi connectivity index (χ4n) is 4.91. The maximum atomic E-state index is 13.2. The molecule has 0 N–H and O–H groups in total. The molecular weight excluding hydrogens is 442 g/mol. The molecule has 1 atom stereocenters. The molecule has 4 rings (SSSR count). The van der Waals surface area contributed by atoms with Crippen molar-refractivity contribution in [1.82, 2.24) is 5.06 Å². The van der Waals surface area contributed by atoms with Crippen molar-refractivity contribution >= 4 is 52.2 Å². The minimum Gasteiger partial charge on any atom is -0.299 e. The van der Waals surface area contributed by atoms with Gasteiger partial charge in [0.15, 0.2) is 0 Å². The zero-order valence-electron chi connectivity index (χ0n) is 19.2. The Balaban J connectivity index is 1.59. The summed E-state index contributed by atoms with van der Waals surface area (Å²) in [5.74, 6) is -0.265. The molecule has 1 aliphatic heterocycles. The lowest BCUT2D eigenvalue weighted by molar-refractivity contribution is -0.154. The fraction of sp³-hybridized carbons (Fsp3) is 0.480. The van der Waals surface area contributed by atoms with Gasteiger partial charge in [-0.15, -0.1) is 16.8 Å². The van der Waals surface area contributed by atoms with E-state index in [9.17, 15) is 14.4 Å². The van der Waals surface area contributed by atoms with Gasteiger partial charge in [0.25, 0.3) is 11.8 Å². The summed E-state index contributed by atoms with van der Waals surface area (Å²) < 4.78 is 5.70. The molecule has 2 aliphatic rings. The third kappa shape index (κ3) is 3.58. The highest BCUT2D eigenvalue weighted by Crippen LogP contribution is 2.57. The first kappa shape index (κ1) is 23.3. The minimum atomic E-state index is -0.477. The van der Waals surface area contributed by atoms with Crippen LogP contribution in [0.1, 0.15) is 74.6 Å². The summed E-state index contributed by atoms with van der Waals surface area (Å²) in [5.41, 5.74) is 0.337. The summed E-state index contributed by atoms with van der Waals surface area (Å²) in [6.07, 6.45) is 2.22. The summed E-state index contributed by atoms with van der Waals surface area (Å²) in [6.45, 7) is 10.5. The van der Waals surface area contributed by atoms with E-state index < -0.39 is 17.2 Å². The molecule has 0 aromatic heterocycles. The number of imide groups is 1. The summed E-state index contributed by atoms with van der Waals surface area (Å²) in [5, 5.41) is 2.84. The van der Waals surface area contributed by atoms with Gasteiger partial charge in [-0.25, -0.2) is 0 Å². The van der Waals surface area contributed by atoms with Crippen LogP contribution in [0.15, 0.2) is 35.2 Å². The average Bonchev–Trinajstić information content (AvgIpc) is 2.73. The van der Waals surface area contributed by atoms with Gasteiger partial charge in [0, 0.05) is 45.2 Å². The molecule has 1 unspecified atom stereocenters. The Kier molecular flexibility index (Phi) is 6.20. The van der Waals surface area contributed by atoms with E-state index in [2.05, 4.69) is 34.6 Å². The van der Waals surface area contributed by atoms with Gasteiger partial charge in [-0.2, -0.15) is 4.28 Å². The van der Waals surface area contributed by atoms with Crippen LogP contribution in [0.2, 0.25) is 0 Å². The van der Waals surface area contributed by atoms with Crippen molar-refractivity contribution in [3.05, 3.63) is 41.5 Å². The van der Waals surface area contributed by atoms with Crippen LogP contribution in [0.4, 0.5) is 0 Å². The average molecular weight is 472 g/mol. The summed E-state index contributed by atoms with van der Waals surface area (Å²) in [7, 11) is 0. The first-order chi connectivity index (χ1) is 15.1. The van der Waals surface area contributed by atoms with Gasteiger partial charge in [0.05, 0.1) is 11.1 Å². The maximum absolute atomic E-state index is 13.2. The van der Waals surface area contributed by atoms with Gasteiger partial charge in [0.2, 0.25) is 0 Å². The molecule has 1 fully saturated rings. The molecule has 1 heterocycles. The largest absolute Gasteiger partial charge is 0.299 e. The van der Waals surface area contributed by atoms with Crippen molar-refractivity contribution < 1.29 is 18.7 Å². The molecule has 5 nitrogen and oxygen atoms in total. The lowest BCUT2D eigenvalue weighted by Crippen LogP contribution is -2.57. The molecule has 0 saturated heterocycles. The van der Waals surface area contributed by atoms with E-state index in [0.717, 1.165) is 40.2 Å². The molecule has 2 aromatic rings. The number of thioether (sulfide) groups is 1. The van der Waals surface area contributed by atoms with Crippen molar-refractivity contribution in [1.29, 1.82) is 0 Å². The van der Waals surface area contributed by atoms with Crippen molar-refractivity contribution in [3.63, 3.8) is 0 Å². The summed E-state index contributed by atoms with van der Waals surface area (Å²) in [4.78, 5) is 40.0. The van der Waals surface area contributed by atoms with Crippen molar-refractivity contribution in [2.24, 2.45) is 10.8 Å². The molecule has 0 bridgehead atoms. The second-order valence-corrected chi connectivity index (χ2v) is 11.9. The van der Waals surface area contributed by atoms with E-state index in [0.29, 0.717) is 33.9 Å². The Labute approximate surface area is 197 Å². The Morgan fingerprint density at radius 3 is 2.34 bits per heavy atom. The van der Waals surface area contributed by atoms with Crippen LogP contribution < -0.4 is 0 Å². The van der Waals surface area contributed by atoms with Crippen LogP contribution in [0, 0.1) is 10.8 Å². The van der Waals surface area contributed by atoms with Crippen LogP contribution in [-0.4, -0.2) is 33.7 Å². The third-order valence-corrected chi connectivity index (χ3v) is 8.68. The second-order valence-electron chi connectivity index (χ2n) is 9.56. The number of ketones is 1. The highest BCUT2D eigenvalue weighted by Gasteiger charge is 2.59. The zero-order valence-corrected chi connectivity index (χ0v) is 20.8. The topological polar surface area (TPSA) is 63.7 Å². The van der Waals surface area contributed by atoms with Crippen LogP contribution in [0.3, 0.4) is 0 Å². The minimum absolute atomic E-state index is 0.116. The number of benzene rings is 2. The van der Waals surface area contributed by atoms with Crippen LogP contribution in [0.25, 0.3) is 10.8 Å². The van der Waals surface area contributed by atoms with Crippen LogP contribution >= 0.6 is 23.8 Å². The number of carbonyl (C=O) groups is 3. The number of hydrogen-bond acceptors (Lipinski definition) is 6. The normalized spacial score (nSPS) is 22.1. The molecule has 7 heteroatoms. The van der Waals surface area contributed by atoms with Gasteiger partial charge >= 0.3 is 0 Å². The lowest BCUT2D eigenvalue weighted by Gasteiger charge is -2.54. The quantitative estimate of drug-likeness (QED) is 0.256. The standard InChI is InChI=1S/C25H29NO4S2/c1-6-12-25(20(27)13-24(25,4)5)14-31-30-26-22(28)17-9-7-8-16-19(32-15(2)3)11-10-18(21(16)17)23(26)29/h7-11,15H,6,12-14H2,1-5H3. The van der Waals surface area contributed by atoms with Crippen LogP contribution in [-0.2, 0) is 9.08 Å². The Hall–Kier alpha value is -1.83. The van der Waals surface area contributed by atoms with Crippen LogP contribution in [0.5, 0.6) is 0 Å². The monoisotopic (exact) mass is 471 g/mol. The lowest BCUT2D eigenvalue weighted by atomic mass is 9.49. The second kappa shape index (κ2) is 8.50. The Morgan fingerprint density at radius 1 is 1.06 bits per heavy atom. The Bertz CT molecular complexity index is 1090. The Morgan fingerprint density at radius 2 is 1.75 bits per heavy atom. The van der Waals surface area contributed by atoms with Crippen molar-refractivity contribution in [2.75, 3.05) is 5.75 Å². The molecule has 0 spiro atoms. The molecule has 0 radical (unpaired) electrons. The number of Topliss-reactive ketones (excluding diaryl/α,β-unsaturated/α-hetero) is 1. The predicted molar refractivity (Wildman–Crippen MR) is 130 cm³/mol. The molecule has 2 aromatic carbocycles. The molecule has 32 heavy (non-hydrogen) atoms. The van der Waals surface area contributed by atoms with Gasteiger partial charge < -0.3 is 0 Å². The zero-order chi connectivity index (χ0) is 23.3. The number of hydroxylamine groups is 2. The predicted octanol–water partition coefficient (Wildman–Crippen LogP) is 6.30. The fourth-order valence-corrected chi connectivity index (χ4v) is 7.06. The first-order valence-corrected chi connectivity index (χ1v) is 12.9. The van der Waals surface area contributed by atoms with Gasteiger partial charge in [-0.3, -0.25) is 14.4 Å². The number of carbonyl (C=O) groups excluding carboxylic acids is 3. The molecule has 2 amide bonds. The van der Waals surface area contributed by atoms with E-state index in [1.165, 1.54) is 0 Å². The van der Waals surface area contributed by atoms with Gasteiger partial charge in [-0.05, 0) is 35.4 Å². The van der Waals surface area contributed by atoms with E-state index in [4.69, 9.17) is 4.28 Å².